The van der Waals surface area contributed by atoms with Crippen LogP contribution in [0.2, 0.25) is 0 Å². The maximum atomic E-state index is 10.5. The van der Waals surface area contributed by atoms with Crippen molar-refractivity contribution in [2.75, 3.05) is 6.61 Å². The van der Waals surface area contributed by atoms with Crippen LogP contribution in [0.1, 0.15) is 135 Å². The molecule has 0 aliphatic rings. The minimum absolute atomic E-state index is 0. The molecule has 6 heteroatoms. The van der Waals surface area contributed by atoms with Gasteiger partial charge in [-0.15, -0.1) is 0 Å². The van der Waals surface area contributed by atoms with Crippen molar-refractivity contribution in [3.63, 3.8) is 0 Å². The summed E-state index contributed by atoms with van der Waals surface area (Å²) in [4.78, 5) is 17.1. The van der Waals surface area contributed by atoms with E-state index in [1.165, 1.54) is 109 Å². The van der Waals surface area contributed by atoms with Gasteiger partial charge in [0.1, 0.15) is 0 Å². The molecule has 4 nitrogen and oxygen atoms in total. The zero-order valence-corrected chi connectivity index (χ0v) is 18.9. The Morgan fingerprint density at radius 3 is 1.04 bits per heavy atom. The van der Waals surface area contributed by atoms with Crippen LogP contribution in [-0.2, 0) is 9.09 Å². The van der Waals surface area contributed by atoms with E-state index in [9.17, 15) is 4.57 Å². The van der Waals surface area contributed by atoms with Crippen LogP contribution in [-0.4, -0.2) is 67.8 Å². The Morgan fingerprint density at radius 2 is 0.786 bits per heavy atom. The molecule has 0 aromatic heterocycles. The summed E-state index contributed by atoms with van der Waals surface area (Å²) in [7, 11) is -4.26. The molecule has 0 aliphatic heterocycles. The molecule has 0 aliphatic carbocycles. The summed E-state index contributed by atoms with van der Waals surface area (Å²) in [5.74, 6) is 0. The summed E-state index contributed by atoms with van der Waals surface area (Å²) in [5, 5.41) is 0. The molecule has 0 radical (unpaired) electrons. The first-order chi connectivity index (χ1) is 13.1. The summed E-state index contributed by atoms with van der Waals surface area (Å²) in [6.07, 6.45) is 26.5. The summed E-state index contributed by atoms with van der Waals surface area (Å²) >= 11 is 0. The zero-order chi connectivity index (χ0) is 20.1. The fourth-order valence-electron chi connectivity index (χ4n) is 3.54. The van der Waals surface area contributed by atoms with E-state index >= 15 is 0 Å². The maximum absolute atomic E-state index is 10.5. The molecule has 0 bridgehead atoms. The van der Waals surface area contributed by atoms with Crippen molar-refractivity contribution in [1.29, 1.82) is 0 Å². The van der Waals surface area contributed by atoms with Gasteiger partial charge < -0.3 is 9.79 Å². The summed E-state index contributed by atoms with van der Waals surface area (Å²) in [5.41, 5.74) is 0. The van der Waals surface area contributed by atoms with Gasteiger partial charge in [0.2, 0.25) is 0 Å². The van der Waals surface area contributed by atoms with Gasteiger partial charge in [-0.05, 0) is 6.42 Å². The molecule has 28 heavy (non-hydrogen) atoms. The monoisotopic (exact) mass is 446 g/mol. The van der Waals surface area contributed by atoms with Gasteiger partial charge in [0.05, 0.1) is 6.61 Å². The minimum atomic E-state index is -4.26. The fourth-order valence-corrected chi connectivity index (χ4v) is 3.91. The number of phosphoric acid groups is 1. The molecule has 0 saturated carbocycles. The normalized spacial score (nSPS) is 11.5. The number of hydrogen-bond donors (Lipinski definition) is 2. The Morgan fingerprint density at radius 1 is 0.536 bits per heavy atom. The van der Waals surface area contributed by atoms with Gasteiger partial charge in [0.25, 0.3) is 0 Å². The van der Waals surface area contributed by atoms with Crippen molar-refractivity contribution >= 4 is 59.2 Å². The van der Waals surface area contributed by atoms with Gasteiger partial charge in [-0.25, -0.2) is 4.57 Å². The molecule has 2 N–H and O–H groups in total. The molecule has 0 aromatic rings. The topological polar surface area (TPSA) is 66.8 Å². The summed E-state index contributed by atoms with van der Waals surface area (Å²) in [6.45, 7) is 2.45. The second kappa shape index (κ2) is 25.0. The molecule has 0 atom stereocenters. The van der Waals surface area contributed by atoms with E-state index in [2.05, 4.69) is 11.4 Å². The van der Waals surface area contributed by atoms with Crippen molar-refractivity contribution in [2.24, 2.45) is 0 Å². The standard InChI is InChI=1S/C22H47O4P.K.H/c1-2-3-4-5-6-7-8-9-10-11-12-13-14-15-16-17-18-19-20-21-22-26-27(23,24)25;;/h2-22H2,1H3,(H2,23,24,25);;. The van der Waals surface area contributed by atoms with Gasteiger partial charge in [0.15, 0.2) is 0 Å². The van der Waals surface area contributed by atoms with Crippen molar-refractivity contribution in [3.05, 3.63) is 0 Å². The van der Waals surface area contributed by atoms with Crippen LogP contribution in [0.4, 0.5) is 0 Å². The Labute approximate surface area is 218 Å². The van der Waals surface area contributed by atoms with Crippen molar-refractivity contribution < 1.29 is 18.9 Å². The first-order valence-corrected chi connectivity index (χ1v) is 13.3. The molecule has 166 valence electrons. The molecule has 0 heterocycles. The summed E-state index contributed by atoms with van der Waals surface area (Å²) < 4.78 is 14.9. The molecule has 0 spiro atoms. The van der Waals surface area contributed by atoms with E-state index < -0.39 is 7.82 Å². The second-order valence-corrected chi connectivity index (χ2v) is 9.28. The second-order valence-electron chi connectivity index (χ2n) is 8.04. The third-order valence-corrected chi connectivity index (χ3v) is 5.78. The van der Waals surface area contributed by atoms with E-state index in [0.29, 0.717) is 0 Å². The Hall–Kier alpha value is 1.75. The number of phosphoric ester groups is 1. The molecule has 0 rings (SSSR count). The SMILES string of the molecule is CCCCCCCCCCCCCCCCCCCCCCOP(=O)(O)O.[KH]. The fraction of sp³-hybridized carbons (Fsp3) is 1.00. The van der Waals surface area contributed by atoms with Gasteiger partial charge >= 0.3 is 59.2 Å². The number of hydrogen-bond acceptors (Lipinski definition) is 2. The van der Waals surface area contributed by atoms with Crippen LogP contribution in [0.5, 0.6) is 0 Å². The molecular weight excluding hydrogens is 398 g/mol. The number of rotatable bonds is 22. The van der Waals surface area contributed by atoms with E-state index in [1.54, 1.807) is 0 Å². The van der Waals surface area contributed by atoms with Crippen LogP contribution in [0, 0.1) is 0 Å². The Bertz CT molecular complexity index is 336. The van der Waals surface area contributed by atoms with E-state index in [4.69, 9.17) is 9.79 Å². The van der Waals surface area contributed by atoms with E-state index in [-0.39, 0.29) is 58.0 Å². The van der Waals surface area contributed by atoms with Gasteiger partial charge in [-0.2, -0.15) is 0 Å². The predicted octanol–water partition coefficient (Wildman–Crippen LogP) is 7.27. The summed E-state index contributed by atoms with van der Waals surface area (Å²) in [6, 6.07) is 0. The van der Waals surface area contributed by atoms with E-state index in [1.807, 2.05) is 0 Å². The average molecular weight is 447 g/mol. The molecule has 0 amide bonds. The van der Waals surface area contributed by atoms with Crippen LogP contribution >= 0.6 is 7.82 Å². The average Bonchev–Trinajstić information content (AvgIpc) is 2.62. The molecular formula is C22H48KO4P. The first-order valence-electron chi connectivity index (χ1n) is 11.8. The Balaban J connectivity index is 0. The molecule has 0 fully saturated rings. The van der Waals surface area contributed by atoms with Crippen molar-refractivity contribution in [2.45, 2.75) is 135 Å². The quantitative estimate of drug-likeness (QED) is 0.104. The molecule has 0 aromatic carbocycles. The third kappa shape index (κ3) is 29.9. The van der Waals surface area contributed by atoms with Gasteiger partial charge in [-0.3, -0.25) is 4.52 Å². The number of unbranched alkanes of at least 4 members (excludes halogenated alkanes) is 19. The predicted molar refractivity (Wildman–Crippen MR) is 123 cm³/mol. The Kier molecular flexibility index (Phi) is 28.5. The van der Waals surface area contributed by atoms with Crippen LogP contribution in [0.15, 0.2) is 0 Å². The zero-order valence-electron chi connectivity index (χ0n) is 18.0. The molecule has 0 saturated heterocycles. The van der Waals surface area contributed by atoms with Crippen molar-refractivity contribution in [1.82, 2.24) is 0 Å². The first kappa shape index (κ1) is 31.9. The van der Waals surface area contributed by atoms with Crippen LogP contribution in [0.25, 0.3) is 0 Å². The van der Waals surface area contributed by atoms with Crippen molar-refractivity contribution in [3.8, 4) is 0 Å². The third-order valence-electron chi connectivity index (χ3n) is 5.26. The van der Waals surface area contributed by atoms with Gasteiger partial charge in [0, 0.05) is 0 Å². The van der Waals surface area contributed by atoms with E-state index in [0.717, 1.165) is 19.3 Å². The van der Waals surface area contributed by atoms with Gasteiger partial charge in [-0.1, -0.05) is 129 Å². The van der Waals surface area contributed by atoms with Crippen LogP contribution in [0.3, 0.4) is 0 Å². The molecule has 0 unspecified atom stereocenters. The van der Waals surface area contributed by atoms with Crippen LogP contribution < -0.4 is 0 Å².